The summed E-state index contributed by atoms with van der Waals surface area (Å²) in [6.07, 6.45) is 1.80. The quantitative estimate of drug-likeness (QED) is 0.722. The van der Waals surface area contributed by atoms with Crippen molar-refractivity contribution >= 4 is 46.4 Å². The Kier molecular flexibility index (Phi) is 5.92. The van der Waals surface area contributed by atoms with E-state index in [1.807, 2.05) is 24.3 Å². The first-order chi connectivity index (χ1) is 10.1. The molecule has 2 aromatic carbocycles. The molecule has 0 fully saturated rings. The van der Waals surface area contributed by atoms with Gasteiger partial charge in [0.15, 0.2) is 0 Å². The third-order valence-corrected chi connectivity index (χ3v) is 3.97. The maximum absolute atomic E-state index is 12.2. The molecule has 2 rings (SSSR count). The smallest absolute Gasteiger partial charge is 0.255 e. The standard InChI is InChI=1S/C16H14Cl3NO/c17-8-2-4-11-3-1-5-13(9-11)20-16(21)12-6-7-14(18)15(19)10-12/h1,3,5-7,9-10H,2,4,8H2,(H,20,21). The molecule has 2 nitrogen and oxygen atoms in total. The number of hydrogen-bond donors (Lipinski definition) is 1. The zero-order valence-electron chi connectivity index (χ0n) is 11.2. The van der Waals surface area contributed by atoms with E-state index in [9.17, 15) is 4.79 Å². The molecule has 0 atom stereocenters. The molecule has 21 heavy (non-hydrogen) atoms. The maximum atomic E-state index is 12.2. The highest BCUT2D eigenvalue weighted by molar-refractivity contribution is 6.42. The number of nitrogens with one attached hydrogen (secondary N) is 1. The second kappa shape index (κ2) is 7.69. The molecule has 2 aromatic rings. The number of alkyl halides is 1. The van der Waals surface area contributed by atoms with E-state index < -0.39 is 0 Å². The topological polar surface area (TPSA) is 29.1 Å². The highest BCUT2D eigenvalue weighted by Gasteiger charge is 2.08. The lowest BCUT2D eigenvalue weighted by atomic mass is 10.1. The number of hydrogen-bond acceptors (Lipinski definition) is 1. The zero-order valence-corrected chi connectivity index (χ0v) is 13.5. The van der Waals surface area contributed by atoms with Gasteiger partial charge in [0.2, 0.25) is 0 Å². The van der Waals surface area contributed by atoms with Crippen molar-refractivity contribution in [2.24, 2.45) is 0 Å². The Hall–Kier alpha value is -1.22. The number of amides is 1. The molecule has 5 heteroatoms. The number of aryl methyl sites for hydroxylation is 1. The molecular formula is C16H14Cl3NO. The van der Waals surface area contributed by atoms with E-state index in [4.69, 9.17) is 34.8 Å². The lowest BCUT2D eigenvalue weighted by Gasteiger charge is -2.08. The summed E-state index contributed by atoms with van der Waals surface area (Å²) in [5.74, 6) is 0.405. The molecule has 0 aliphatic carbocycles. The zero-order chi connectivity index (χ0) is 15.2. The van der Waals surface area contributed by atoms with Crippen LogP contribution in [-0.4, -0.2) is 11.8 Å². The Morgan fingerprint density at radius 1 is 1.05 bits per heavy atom. The summed E-state index contributed by atoms with van der Waals surface area (Å²) < 4.78 is 0. The predicted octanol–water partition coefficient (Wildman–Crippen LogP) is 5.42. The van der Waals surface area contributed by atoms with E-state index in [1.54, 1.807) is 18.2 Å². The Bertz CT molecular complexity index is 643. The fourth-order valence-corrected chi connectivity index (χ4v) is 2.35. The first kappa shape index (κ1) is 16.2. The molecule has 0 aromatic heterocycles. The van der Waals surface area contributed by atoms with Crippen LogP contribution < -0.4 is 5.32 Å². The monoisotopic (exact) mass is 341 g/mol. The molecule has 0 saturated carbocycles. The Balaban J connectivity index is 2.10. The largest absolute Gasteiger partial charge is 0.322 e. The van der Waals surface area contributed by atoms with Crippen LogP contribution in [0.2, 0.25) is 10.0 Å². The molecular weight excluding hydrogens is 329 g/mol. The number of anilines is 1. The molecule has 0 saturated heterocycles. The van der Waals surface area contributed by atoms with Gasteiger partial charge in [0.1, 0.15) is 0 Å². The maximum Gasteiger partial charge on any atom is 0.255 e. The fourth-order valence-electron chi connectivity index (χ4n) is 1.92. The van der Waals surface area contributed by atoms with Gasteiger partial charge in [-0.05, 0) is 48.7 Å². The minimum absolute atomic E-state index is 0.219. The van der Waals surface area contributed by atoms with Gasteiger partial charge in [-0.1, -0.05) is 35.3 Å². The van der Waals surface area contributed by atoms with E-state index in [0.717, 1.165) is 24.1 Å². The number of carbonyl (C=O) groups is 1. The van der Waals surface area contributed by atoms with Crippen LogP contribution in [0.15, 0.2) is 42.5 Å². The van der Waals surface area contributed by atoms with Crippen molar-refractivity contribution in [3.8, 4) is 0 Å². The summed E-state index contributed by atoms with van der Waals surface area (Å²) in [7, 11) is 0. The van der Waals surface area contributed by atoms with Crippen molar-refractivity contribution in [2.75, 3.05) is 11.2 Å². The molecule has 110 valence electrons. The third kappa shape index (κ3) is 4.63. The molecule has 0 spiro atoms. The second-order valence-electron chi connectivity index (χ2n) is 4.58. The van der Waals surface area contributed by atoms with E-state index >= 15 is 0 Å². The van der Waals surface area contributed by atoms with Crippen molar-refractivity contribution in [3.05, 3.63) is 63.6 Å². The summed E-state index contributed by atoms with van der Waals surface area (Å²) in [5, 5.41) is 3.64. The molecule has 1 N–H and O–H groups in total. The SMILES string of the molecule is O=C(Nc1cccc(CCCCl)c1)c1ccc(Cl)c(Cl)c1. The van der Waals surface area contributed by atoms with E-state index in [0.29, 0.717) is 21.5 Å². The number of carbonyl (C=O) groups excluding carboxylic acids is 1. The molecule has 1 amide bonds. The number of benzene rings is 2. The summed E-state index contributed by atoms with van der Waals surface area (Å²) in [6.45, 7) is 0. The normalized spacial score (nSPS) is 10.4. The van der Waals surface area contributed by atoms with Crippen LogP contribution in [0.4, 0.5) is 5.69 Å². The van der Waals surface area contributed by atoms with Crippen LogP contribution in [0.25, 0.3) is 0 Å². The van der Waals surface area contributed by atoms with E-state index in [1.165, 1.54) is 0 Å². The summed E-state index contributed by atoms with van der Waals surface area (Å²) in [6, 6.07) is 12.5. The summed E-state index contributed by atoms with van der Waals surface area (Å²) >= 11 is 17.4. The lowest BCUT2D eigenvalue weighted by molar-refractivity contribution is 0.102. The van der Waals surface area contributed by atoms with Gasteiger partial charge in [-0.2, -0.15) is 0 Å². The molecule has 0 unspecified atom stereocenters. The van der Waals surface area contributed by atoms with Crippen LogP contribution in [0, 0.1) is 0 Å². The highest BCUT2D eigenvalue weighted by Crippen LogP contribution is 2.23. The van der Waals surface area contributed by atoms with Gasteiger partial charge < -0.3 is 5.32 Å². The van der Waals surface area contributed by atoms with Gasteiger partial charge >= 0.3 is 0 Å². The molecule has 0 aliphatic rings. The van der Waals surface area contributed by atoms with Gasteiger partial charge in [0.25, 0.3) is 5.91 Å². The third-order valence-electron chi connectivity index (χ3n) is 2.97. The molecule has 0 bridgehead atoms. The van der Waals surface area contributed by atoms with Crippen LogP contribution in [0.5, 0.6) is 0 Å². The van der Waals surface area contributed by atoms with Crippen LogP contribution in [0.3, 0.4) is 0 Å². The van der Waals surface area contributed by atoms with Crippen molar-refractivity contribution in [3.63, 3.8) is 0 Å². The predicted molar refractivity (Wildman–Crippen MR) is 89.9 cm³/mol. The van der Waals surface area contributed by atoms with Crippen LogP contribution >= 0.6 is 34.8 Å². The Morgan fingerprint density at radius 3 is 2.57 bits per heavy atom. The minimum Gasteiger partial charge on any atom is -0.322 e. The van der Waals surface area contributed by atoms with Crippen LogP contribution in [-0.2, 0) is 6.42 Å². The Morgan fingerprint density at radius 2 is 1.86 bits per heavy atom. The minimum atomic E-state index is -0.219. The highest BCUT2D eigenvalue weighted by atomic mass is 35.5. The first-order valence-corrected chi connectivity index (χ1v) is 7.80. The van der Waals surface area contributed by atoms with Crippen molar-refractivity contribution in [2.45, 2.75) is 12.8 Å². The van der Waals surface area contributed by atoms with Gasteiger partial charge in [0, 0.05) is 17.1 Å². The van der Waals surface area contributed by atoms with Crippen LogP contribution in [0.1, 0.15) is 22.3 Å². The van der Waals surface area contributed by atoms with Gasteiger partial charge in [0.05, 0.1) is 10.0 Å². The summed E-state index contributed by atoms with van der Waals surface area (Å²) in [5.41, 5.74) is 2.36. The van der Waals surface area contributed by atoms with Crippen molar-refractivity contribution in [1.82, 2.24) is 0 Å². The van der Waals surface area contributed by atoms with Crippen molar-refractivity contribution in [1.29, 1.82) is 0 Å². The summed E-state index contributed by atoms with van der Waals surface area (Å²) in [4.78, 5) is 12.2. The van der Waals surface area contributed by atoms with Crippen molar-refractivity contribution < 1.29 is 4.79 Å². The number of rotatable bonds is 5. The van der Waals surface area contributed by atoms with E-state index in [-0.39, 0.29) is 5.91 Å². The molecule has 0 heterocycles. The Labute approximate surface area is 139 Å². The number of halogens is 3. The van der Waals surface area contributed by atoms with Gasteiger partial charge in [-0.3, -0.25) is 4.79 Å². The average molecular weight is 343 g/mol. The first-order valence-electron chi connectivity index (χ1n) is 6.51. The molecule has 0 radical (unpaired) electrons. The van der Waals surface area contributed by atoms with Gasteiger partial charge in [-0.15, -0.1) is 11.6 Å². The molecule has 0 aliphatic heterocycles. The van der Waals surface area contributed by atoms with Gasteiger partial charge in [-0.25, -0.2) is 0 Å². The fraction of sp³-hybridized carbons (Fsp3) is 0.188. The second-order valence-corrected chi connectivity index (χ2v) is 5.77. The average Bonchev–Trinajstić information content (AvgIpc) is 2.48. The lowest BCUT2D eigenvalue weighted by Crippen LogP contribution is -2.12. The van der Waals surface area contributed by atoms with E-state index in [2.05, 4.69) is 5.32 Å².